The number of rotatable bonds is 4. The Morgan fingerprint density at radius 1 is 0.603 bits per heavy atom. The fourth-order valence-corrected chi connectivity index (χ4v) is 6.26. The molecule has 4 aromatic carbocycles. The smallest absolute Gasteiger partial charge is 0.278 e. The van der Waals surface area contributed by atoms with E-state index in [2.05, 4.69) is 41.2 Å². The van der Waals surface area contributed by atoms with E-state index in [1.165, 1.54) is 42.9 Å². The number of halogens is 6. The molecule has 5 heterocycles. The molecule has 0 fully saturated rings. The molecule has 3 N–H and O–H groups in total. The van der Waals surface area contributed by atoms with Crippen LogP contribution in [0.3, 0.4) is 0 Å². The van der Waals surface area contributed by atoms with E-state index in [1.807, 2.05) is 39.0 Å². The molecule has 0 radical (unpaired) electrons. The molecule has 16 heteroatoms. The topological polar surface area (TPSA) is 146 Å². The lowest BCUT2D eigenvalue weighted by Crippen LogP contribution is -2.16. The van der Waals surface area contributed by atoms with Crippen molar-refractivity contribution in [1.29, 1.82) is 0 Å². The van der Waals surface area contributed by atoms with E-state index in [0.29, 0.717) is 50.3 Å². The van der Waals surface area contributed by atoms with Crippen LogP contribution in [-0.4, -0.2) is 25.8 Å². The van der Waals surface area contributed by atoms with Crippen molar-refractivity contribution in [2.75, 3.05) is 11.1 Å². The first kappa shape index (κ1) is 39.3. The van der Waals surface area contributed by atoms with Gasteiger partial charge in [-0.25, -0.2) is 18.7 Å². The maximum Gasteiger partial charge on any atom is 0.278 e. The summed E-state index contributed by atoms with van der Waals surface area (Å²) in [6.07, 6.45) is 5.76. The number of nitrogens with two attached hydrogens (primary N) is 1. The molecule has 0 aliphatic carbocycles. The Kier molecular flexibility index (Phi) is 11.0. The van der Waals surface area contributed by atoms with Gasteiger partial charge in [-0.15, -0.1) is 0 Å². The highest BCUT2D eigenvalue weighted by atomic mass is 79.9. The van der Waals surface area contributed by atoms with Gasteiger partial charge in [0, 0.05) is 50.0 Å². The minimum atomic E-state index is -0.974. The molecule has 0 spiro atoms. The zero-order valence-electron chi connectivity index (χ0n) is 30.5. The molecule has 0 bridgehead atoms. The summed E-state index contributed by atoms with van der Waals surface area (Å²) in [5.74, 6) is -2.52. The van der Waals surface area contributed by atoms with Crippen LogP contribution in [-0.2, 0) is 0 Å². The van der Waals surface area contributed by atoms with Crippen LogP contribution < -0.4 is 11.1 Å². The standard InChI is InChI=1S/C20H12F3N3O2.C13H10FN3O.C9H6BrFO/c1-10-5-16-11(7-17(23)28-16)6-12(10)15-8-25-18(9-24-15)26-20(27)19-13(21)3-2-4-14(19)22;1-7-2-11-8(4-12(14)18-11)3-9(7)10-5-17-13(15)6-16-10;1-5-2-8-6(3-7(5)10)4-9(11)12-8/h2-9H,1H3,(H,25,26,27);2-6H,1H3,(H2,15,17);2-4H,1H3. The number of hydrogen-bond acceptors (Lipinski definition) is 9. The SMILES string of the molecule is Cc1cc2oc(F)cc2cc1-c1cnc(N)cn1.Cc1cc2oc(F)cc2cc1-c1cnc(NC(=O)c2c(F)cccc2F)cn1.Cc1cc2oc(F)cc2cc1Br. The van der Waals surface area contributed by atoms with Crippen molar-refractivity contribution in [2.45, 2.75) is 20.8 Å². The van der Waals surface area contributed by atoms with Gasteiger partial charge in [0.1, 0.15) is 39.8 Å². The van der Waals surface area contributed by atoms with Crippen molar-refractivity contribution >= 4 is 66.4 Å². The third kappa shape index (κ3) is 8.56. The van der Waals surface area contributed by atoms with Gasteiger partial charge >= 0.3 is 0 Å². The quantitative estimate of drug-likeness (QED) is 0.165. The van der Waals surface area contributed by atoms with Gasteiger partial charge in [-0.2, -0.15) is 13.2 Å². The maximum absolute atomic E-state index is 13.7. The van der Waals surface area contributed by atoms with E-state index in [9.17, 15) is 26.7 Å². The Balaban J connectivity index is 0.000000145. The largest absolute Gasteiger partial charge is 0.431 e. The molecule has 5 aromatic heterocycles. The number of aryl methyl sites for hydroxylation is 3. The number of nitrogens with zero attached hydrogens (tertiary/aromatic N) is 4. The molecule has 9 rings (SSSR count). The third-order valence-electron chi connectivity index (χ3n) is 8.74. The van der Waals surface area contributed by atoms with E-state index in [4.69, 9.17) is 19.0 Å². The fourth-order valence-electron chi connectivity index (χ4n) is 5.89. The molecule has 10 nitrogen and oxygen atoms in total. The minimum absolute atomic E-state index is 0.0319. The predicted molar refractivity (Wildman–Crippen MR) is 211 cm³/mol. The first-order valence-corrected chi connectivity index (χ1v) is 17.9. The first-order valence-electron chi connectivity index (χ1n) is 17.1. The molecule has 0 atom stereocenters. The van der Waals surface area contributed by atoms with Crippen molar-refractivity contribution < 1.29 is 40.0 Å². The number of furan rings is 3. The van der Waals surface area contributed by atoms with Gasteiger partial charge in [-0.05, 0) is 86.0 Å². The molecule has 0 saturated heterocycles. The Labute approximate surface area is 333 Å². The van der Waals surface area contributed by atoms with E-state index < -0.39 is 41.1 Å². The number of hydrogen-bond donors (Lipinski definition) is 2. The molecule has 0 saturated carbocycles. The molecule has 292 valence electrons. The zero-order chi connectivity index (χ0) is 41.2. The Morgan fingerprint density at radius 2 is 1.07 bits per heavy atom. The normalized spacial score (nSPS) is 11.0. The number of carbonyl (C=O) groups excluding carboxylic acids is 1. The highest BCUT2D eigenvalue weighted by molar-refractivity contribution is 9.10. The summed E-state index contributed by atoms with van der Waals surface area (Å²) in [6, 6.07) is 16.0. The summed E-state index contributed by atoms with van der Waals surface area (Å²) in [5, 5.41) is 4.37. The lowest BCUT2D eigenvalue weighted by atomic mass is 10.0. The highest BCUT2D eigenvalue weighted by Gasteiger charge is 2.18. The lowest BCUT2D eigenvalue weighted by molar-refractivity contribution is 0.101. The van der Waals surface area contributed by atoms with Gasteiger partial charge in [0.05, 0.1) is 36.2 Å². The van der Waals surface area contributed by atoms with Gasteiger partial charge in [0.15, 0.2) is 5.82 Å². The highest BCUT2D eigenvalue weighted by Crippen LogP contribution is 2.31. The van der Waals surface area contributed by atoms with Crippen molar-refractivity contribution in [1.82, 2.24) is 19.9 Å². The second-order valence-corrected chi connectivity index (χ2v) is 13.7. The number of aromatic nitrogens is 4. The number of nitrogen functional groups attached to an aromatic ring is 1. The third-order valence-corrected chi connectivity index (χ3v) is 9.60. The van der Waals surface area contributed by atoms with Crippen LogP contribution in [0.25, 0.3) is 55.4 Å². The van der Waals surface area contributed by atoms with Crippen LogP contribution in [0.15, 0.2) is 115 Å². The second kappa shape index (κ2) is 16.3. The van der Waals surface area contributed by atoms with Crippen molar-refractivity contribution in [3.8, 4) is 22.5 Å². The first-order chi connectivity index (χ1) is 27.7. The number of anilines is 2. The van der Waals surface area contributed by atoms with Crippen LogP contribution in [0.5, 0.6) is 0 Å². The van der Waals surface area contributed by atoms with Crippen molar-refractivity contribution in [2.24, 2.45) is 0 Å². The molecule has 0 aliphatic heterocycles. The Hall–Kier alpha value is -6.94. The Morgan fingerprint density at radius 3 is 1.53 bits per heavy atom. The van der Waals surface area contributed by atoms with E-state index >= 15 is 0 Å². The maximum atomic E-state index is 13.7. The number of nitrogens with one attached hydrogen (secondary N) is 1. The number of amides is 1. The van der Waals surface area contributed by atoms with Gasteiger partial charge in [-0.1, -0.05) is 22.0 Å². The van der Waals surface area contributed by atoms with Crippen molar-refractivity contribution in [3.05, 3.63) is 154 Å². The van der Waals surface area contributed by atoms with Crippen LogP contribution in [0.2, 0.25) is 0 Å². The van der Waals surface area contributed by atoms with Gasteiger partial charge in [0.2, 0.25) is 0 Å². The average Bonchev–Trinajstić information content (AvgIpc) is 3.85. The lowest BCUT2D eigenvalue weighted by Gasteiger charge is -2.08. The summed E-state index contributed by atoms with van der Waals surface area (Å²) in [4.78, 5) is 28.6. The monoisotopic (exact) mass is 854 g/mol. The summed E-state index contributed by atoms with van der Waals surface area (Å²) < 4.78 is 82.0. The number of fused-ring (bicyclic) bond motifs is 3. The van der Waals surface area contributed by atoms with Crippen molar-refractivity contribution in [3.63, 3.8) is 0 Å². The average molecular weight is 856 g/mol. The molecule has 0 aliphatic rings. The summed E-state index contributed by atoms with van der Waals surface area (Å²) in [6.45, 7) is 5.66. The van der Waals surface area contributed by atoms with E-state index in [-0.39, 0.29) is 5.82 Å². The number of benzene rings is 4. The summed E-state index contributed by atoms with van der Waals surface area (Å²) in [5.41, 5.74) is 11.9. The zero-order valence-corrected chi connectivity index (χ0v) is 32.1. The molecular formula is C42H28BrF5N6O4. The molecule has 0 unspecified atom stereocenters. The molecule has 58 heavy (non-hydrogen) atoms. The number of carbonyl (C=O) groups is 1. The van der Waals surface area contributed by atoms with Crippen LogP contribution >= 0.6 is 15.9 Å². The molecule has 9 aromatic rings. The minimum Gasteiger partial charge on any atom is -0.431 e. The van der Waals surface area contributed by atoms with Gasteiger partial charge in [0.25, 0.3) is 23.9 Å². The molecule has 1 amide bonds. The predicted octanol–water partition coefficient (Wildman–Crippen LogP) is 11.4. The van der Waals surface area contributed by atoms with Gasteiger partial charge in [-0.3, -0.25) is 14.8 Å². The summed E-state index contributed by atoms with van der Waals surface area (Å²) >= 11 is 3.36. The Bertz CT molecular complexity index is 2910. The van der Waals surface area contributed by atoms with E-state index in [1.54, 1.807) is 24.4 Å². The van der Waals surface area contributed by atoms with Gasteiger partial charge < -0.3 is 24.3 Å². The molecular weight excluding hydrogens is 827 g/mol. The van der Waals surface area contributed by atoms with Crippen LogP contribution in [0.1, 0.15) is 27.0 Å². The fraction of sp³-hybridized carbons (Fsp3) is 0.0714. The van der Waals surface area contributed by atoms with E-state index in [0.717, 1.165) is 44.2 Å². The van der Waals surface area contributed by atoms with Crippen LogP contribution in [0, 0.1) is 50.4 Å². The van der Waals surface area contributed by atoms with Crippen LogP contribution in [0.4, 0.5) is 33.6 Å². The summed E-state index contributed by atoms with van der Waals surface area (Å²) in [7, 11) is 0. The second-order valence-electron chi connectivity index (χ2n) is 12.9.